The van der Waals surface area contributed by atoms with E-state index in [1.165, 1.54) is 69.4 Å². The van der Waals surface area contributed by atoms with E-state index in [-0.39, 0.29) is 0 Å². The highest BCUT2D eigenvalue weighted by molar-refractivity contribution is 5.79. The predicted molar refractivity (Wildman–Crippen MR) is 112 cm³/mol. The van der Waals surface area contributed by atoms with Crippen LogP contribution in [0.3, 0.4) is 0 Å². The molecule has 2 aliphatic heterocycles. The molecule has 27 heavy (non-hydrogen) atoms. The molecule has 1 saturated carbocycles. The SMILES string of the molecule is CN=C(NCc1ccc(CN2CCCC2)cc1)NCC1CCN(C2CC2)C1. The van der Waals surface area contributed by atoms with Crippen LogP contribution in [0.25, 0.3) is 0 Å². The lowest BCUT2D eigenvalue weighted by Crippen LogP contribution is -2.40. The summed E-state index contributed by atoms with van der Waals surface area (Å²) >= 11 is 0. The summed E-state index contributed by atoms with van der Waals surface area (Å²) in [4.78, 5) is 9.61. The Morgan fingerprint density at radius 2 is 1.74 bits per heavy atom. The van der Waals surface area contributed by atoms with Gasteiger partial charge < -0.3 is 15.5 Å². The first-order chi connectivity index (χ1) is 13.3. The maximum absolute atomic E-state index is 4.39. The van der Waals surface area contributed by atoms with Gasteiger partial charge in [0.05, 0.1) is 0 Å². The number of hydrogen-bond donors (Lipinski definition) is 2. The molecule has 0 amide bonds. The van der Waals surface area contributed by atoms with Crippen molar-refractivity contribution < 1.29 is 0 Å². The first-order valence-electron chi connectivity index (χ1n) is 10.8. The molecule has 2 heterocycles. The van der Waals surface area contributed by atoms with Gasteiger partial charge in [-0.2, -0.15) is 0 Å². The van der Waals surface area contributed by atoms with Crippen LogP contribution in [0.1, 0.15) is 43.2 Å². The average molecular weight is 370 g/mol. The third kappa shape index (κ3) is 5.45. The number of guanidine groups is 1. The second-order valence-corrected chi connectivity index (χ2v) is 8.49. The summed E-state index contributed by atoms with van der Waals surface area (Å²) in [7, 11) is 1.86. The maximum Gasteiger partial charge on any atom is 0.191 e. The van der Waals surface area contributed by atoms with E-state index < -0.39 is 0 Å². The largest absolute Gasteiger partial charge is 0.356 e. The van der Waals surface area contributed by atoms with Crippen molar-refractivity contribution >= 4 is 5.96 Å². The number of benzene rings is 1. The fourth-order valence-corrected chi connectivity index (χ4v) is 4.41. The first-order valence-corrected chi connectivity index (χ1v) is 10.8. The van der Waals surface area contributed by atoms with Crippen LogP contribution in [0.15, 0.2) is 29.3 Å². The Morgan fingerprint density at radius 3 is 2.44 bits per heavy atom. The van der Waals surface area contributed by atoms with Crippen LogP contribution in [-0.2, 0) is 13.1 Å². The molecule has 4 rings (SSSR count). The zero-order chi connectivity index (χ0) is 18.5. The van der Waals surface area contributed by atoms with Crippen molar-refractivity contribution in [2.75, 3.05) is 39.8 Å². The number of rotatable bonds is 7. The summed E-state index contributed by atoms with van der Waals surface area (Å²) in [5.74, 6) is 1.68. The molecule has 0 spiro atoms. The normalized spacial score (nSPS) is 24.5. The smallest absolute Gasteiger partial charge is 0.191 e. The molecule has 2 saturated heterocycles. The molecule has 0 aromatic heterocycles. The Morgan fingerprint density at radius 1 is 1.00 bits per heavy atom. The Hall–Kier alpha value is -1.59. The van der Waals surface area contributed by atoms with E-state index in [0.29, 0.717) is 0 Å². The number of nitrogens with zero attached hydrogens (tertiary/aromatic N) is 3. The van der Waals surface area contributed by atoms with Crippen LogP contribution in [0.4, 0.5) is 0 Å². The standard InChI is InChI=1S/C22H35N5/c1-23-22(25-15-20-10-13-27(17-20)21-8-9-21)24-14-18-4-6-19(7-5-18)16-26-11-2-3-12-26/h4-7,20-21H,2-3,8-17H2,1H3,(H2,23,24,25). The van der Waals surface area contributed by atoms with Crippen molar-refractivity contribution in [3.63, 3.8) is 0 Å². The lowest BCUT2D eigenvalue weighted by Gasteiger charge is -2.17. The van der Waals surface area contributed by atoms with Gasteiger partial charge in [0.2, 0.25) is 0 Å². The molecule has 1 unspecified atom stereocenters. The zero-order valence-corrected chi connectivity index (χ0v) is 16.8. The van der Waals surface area contributed by atoms with Crippen LogP contribution in [0.2, 0.25) is 0 Å². The molecule has 1 aliphatic carbocycles. The Labute approximate surface area is 164 Å². The van der Waals surface area contributed by atoms with E-state index in [2.05, 4.69) is 49.7 Å². The van der Waals surface area contributed by atoms with Crippen LogP contribution >= 0.6 is 0 Å². The molecule has 5 heteroatoms. The van der Waals surface area contributed by atoms with Gasteiger partial charge in [0.1, 0.15) is 0 Å². The van der Waals surface area contributed by atoms with Crippen LogP contribution in [-0.4, -0.2) is 61.6 Å². The van der Waals surface area contributed by atoms with Crippen molar-refractivity contribution in [3.8, 4) is 0 Å². The Balaban J connectivity index is 1.17. The Bertz CT molecular complexity index is 616. The van der Waals surface area contributed by atoms with Crippen molar-refractivity contribution in [1.82, 2.24) is 20.4 Å². The highest BCUT2D eigenvalue weighted by Gasteiger charge is 2.34. The van der Waals surface area contributed by atoms with Crippen molar-refractivity contribution in [1.29, 1.82) is 0 Å². The van der Waals surface area contributed by atoms with Gasteiger partial charge in [0.15, 0.2) is 5.96 Å². The number of hydrogen-bond acceptors (Lipinski definition) is 3. The molecule has 0 radical (unpaired) electrons. The molecule has 5 nitrogen and oxygen atoms in total. The Kier molecular flexibility index (Phi) is 6.30. The molecule has 3 fully saturated rings. The van der Waals surface area contributed by atoms with Crippen LogP contribution in [0, 0.1) is 5.92 Å². The summed E-state index contributed by atoms with van der Waals surface area (Å²) in [6.07, 6.45) is 6.86. The molecule has 1 atom stereocenters. The van der Waals surface area contributed by atoms with Crippen molar-refractivity contribution in [2.24, 2.45) is 10.9 Å². The van der Waals surface area contributed by atoms with Gasteiger partial charge in [-0.1, -0.05) is 24.3 Å². The van der Waals surface area contributed by atoms with Crippen molar-refractivity contribution in [2.45, 2.75) is 51.2 Å². The van der Waals surface area contributed by atoms with Gasteiger partial charge in [-0.3, -0.25) is 9.89 Å². The van der Waals surface area contributed by atoms with E-state index in [9.17, 15) is 0 Å². The van der Waals surface area contributed by atoms with E-state index in [1.807, 2.05) is 7.05 Å². The van der Waals surface area contributed by atoms with Crippen molar-refractivity contribution in [3.05, 3.63) is 35.4 Å². The molecule has 1 aromatic rings. The van der Waals surface area contributed by atoms with E-state index in [4.69, 9.17) is 0 Å². The average Bonchev–Trinajstić information content (AvgIpc) is 3.21. The van der Waals surface area contributed by atoms with Gasteiger partial charge >= 0.3 is 0 Å². The summed E-state index contributed by atoms with van der Waals surface area (Å²) in [5.41, 5.74) is 2.73. The zero-order valence-electron chi connectivity index (χ0n) is 16.8. The monoisotopic (exact) mass is 369 g/mol. The van der Waals surface area contributed by atoms with E-state index in [1.54, 1.807) is 0 Å². The first kappa shape index (κ1) is 18.8. The van der Waals surface area contributed by atoms with Gasteiger partial charge in [0.25, 0.3) is 0 Å². The minimum atomic E-state index is 0.758. The summed E-state index contributed by atoms with van der Waals surface area (Å²) < 4.78 is 0. The summed E-state index contributed by atoms with van der Waals surface area (Å²) in [6.45, 7) is 7.99. The van der Waals surface area contributed by atoms with Gasteiger partial charge in [-0.15, -0.1) is 0 Å². The number of likely N-dealkylation sites (tertiary alicyclic amines) is 2. The lowest BCUT2D eigenvalue weighted by molar-refractivity contribution is 0.314. The van der Waals surface area contributed by atoms with E-state index >= 15 is 0 Å². The highest BCUT2D eigenvalue weighted by atomic mass is 15.2. The lowest BCUT2D eigenvalue weighted by atomic mass is 10.1. The van der Waals surface area contributed by atoms with Gasteiger partial charge in [-0.05, 0) is 68.8 Å². The minimum absolute atomic E-state index is 0.758. The van der Waals surface area contributed by atoms with Crippen LogP contribution in [0.5, 0.6) is 0 Å². The molecule has 2 N–H and O–H groups in total. The fourth-order valence-electron chi connectivity index (χ4n) is 4.41. The molecule has 0 bridgehead atoms. The topological polar surface area (TPSA) is 42.9 Å². The second-order valence-electron chi connectivity index (χ2n) is 8.49. The fraction of sp³-hybridized carbons (Fsp3) is 0.682. The number of nitrogens with one attached hydrogen (secondary N) is 2. The van der Waals surface area contributed by atoms with Gasteiger partial charge in [0, 0.05) is 39.3 Å². The second kappa shape index (κ2) is 9.07. The third-order valence-corrected chi connectivity index (χ3v) is 6.25. The maximum atomic E-state index is 4.39. The highest BCUT2D eigenvalue weighted by Crippen LogP contribution is 2.31. The van der Waals surface area contributed by atoms with E-state index in [0.717, 1.165) is 37.6 Å². The van der Waals surface area contributed by atoms with Crippen LogP contribution < -0.4 is 10.6 Å². The summed E-state index contributed by atoms with van der Waals surface area (Å²) in [6, 6.07) is 9.94. The quantitative estimate of drug-likeness (QED) is 0.572. The van der Waals surface area contributed by atoms with Gasteiger partial charge in [-0.25, -0.2) is 0 Å². The molecular weight excluding hydrogens is 334 g/mol. The molecular formula is C22H35N5. The summed E-state index contributed by atoms with van der Waals surface area (Å²) in [5, 5.41) is 6.99. The minimum Gasteiger partial charge on any atom is -0.356 e. The number of aliphatic imine (C=N–C) groups is 1. The molecule has 1 aromatic carbocycles. The molecule has 148 valence electrons. The third-order valence-electron chi connectivity index (χ3n) is 6.25. The predicted octanol–water partition coefficient (Wildman–Crippen LogP) is 2.43. The molecule has 3 aliphatic rings.